The molecule has 1 aromatic carbocycles. The normalized spacial score (nSPS) is 15.5. The molecule has 0 radical (unpaired) electrons. The second-order valence-electron chi connectivity index (χ2n) is 4.97. The molecule has 0 aliphatic carbocycles. The van der Waals surface area contributed by atoms with Crippen LogP contribution >= 0.6 is 11.6 Å². The summed E-state index contributed by atoms with van der Waals surface area (Å²) in [5, 5.41) is 4.61. The highest BCUT2D eigenvalue weighted by Gasteiger charge is 2.91. The van der Waals surface area contributed by atoms with Crippen LogP contribution in [0.2, 0.25) is 0 Å². The maximum Gasteiger partial charge on any atom is 0.454 e. The fourth-order valence-electron chi connectivity index (χ4n) is 2.16. The lowest BCUT2D eigenvalue weighted by atomic mass is 9.73. The van der Waals surface area contributed by atoms with Gasteiger partial charge in [-0.15, -0.1) is 11.6 Å². The van der Waals surface area contributed by atoms with Crippen molar-refractivity contribution in [3.05, 3.63) is 35.4 Å². The third kappa shape index (κ3) is 3.17. The Hall–Kier alpha value is -1.77. The molecule has 0 aliphatic rings. The third-order valence-electron chi connectivity index (χ3n) is 3.46. The maximum atomic E-state index is 13.6. The molecule has 0 fully saturated rings. The van der Waals surface area contributed by atoms with Crippen molar-refractivity contribution in [1.29, 1.82) is 5.26 Å². The zero-order valence-electron chi connectivity index (χ0n) is 11.9. The molecule has 0 aliphatic heterocycles. The van der Waals surface area contributed by atoms with Crippen LogP contribution in [0.5, 0.6) is 0 Å². The summed E-state index contributed by atoms with van der Waals surface area (Å²) in [5.41, 5.74) is -8.30. The van der Waals surface area contributed by atoms with E-state index in [1.54, 1.807) is 0 Å². The van der Waals surface area contributed by atoms with E-state index >= 15 is 0 Å². The second-order valence-corrected chi connectivity index (χ2v) is 5.41. The van der Waals surface area contributed by atoms with Crippen molar-refractivity contribution < 1.29 is 48.3 Å². The lowest BCUT2D eigenvalue weighted by Gasteiger charge is -2.45. The zero-order valence-corrected chi connectivity index (χ0v) is 12.6. The van der Waals surface area contributed by atoms with Crippen LogP contribution in [0.3, 0.4) is 0 Å². The summed E-state index contributed by atoms with van der Waals surface area (Å²) >= 11 is 4.98. The number of alkyl halides is 12. The topological polar surface area (TPSA) is 23.8 Å². The molecule has 0 N–H and O–H groups in total. The number of benzene rings is 1. The smallest absolute Gasteiger partial charge is 0.195 e. The van der Waals surface area contributed by atoms with Crippen molar-refractivity contribution in [3.63, 3.8) is 0 Å². The first-order valence-electron chi connectivity index (χ1n) is 6.17. The van der Waals surface area contributed by atoms with Crippen LogP contribution in [0.4, 0.5) is 48.3 Å². The maximum absolute atomic E-state index is 13.6. The summed E-state index contributed by atoms with van der Waals surface area (Å²) in [6, 6.07) is 3.33. The Morgan fingerprint density at radius 2 is 1.12 bits per heavy atom. The molecule has 0 aromatic heterocycles. The first kappa shape index (κ1) is 22.3. The quantitative estimate of drug-likeness (QED) is 0.426. The number of nitrogens with zero attached hydrogens (tertiary/aromatic N) is 1. The number of hydrogen-bond acceptors (Lipinski definition) is 1. The molecule has 146 valence electrons. The summed E-state index contributed by atoms with van der Waals surface area (Å²) in [4.78, 5) is 0. The van der Waals surface area contributed by atoms with Crippen molar-refractivity contribution >= 4 is 11.6 Å². The van der Waals surface area contributed by atoms with Gasteiger partial charge >= 0.3 is 24.5 Å². The molecule has 0 amide bonds. The predicted octanol–water partition coefficient (Wildman–Crippen LogP) is 6.15. The molecule has 1 aromatic rings. The molecule has 13 heteroatoms. The summed E-state index contributed by atoms with van der Waals surface area (Å²) in [6.45, 7) is 0. The summed E-state index contributed by atoms with van der Waals surface area (Å²) in [6.07, 6.45) is -21.5. The van der Waals surface area contributed by atoms with Gasteiger partial charge in [0.1, 0.15) is 0 Å². The van der Waals surface area contributed by atoms with Gasteiger partial charge in [0.2, 0.25) is 0 Å². The summed E-state index contributed by atoms with van der Waals surface area (Å²) in [7, 11) is 0. The van der Waals surface area contributed by atoms with Gasteiger partial charge in [0.05, 0.1) is 17.0 Å². The molecule has 1 rings (SSSR count). The highest BCUT2D eigenvalue weighted by atomic mass is 35.5. The summed E-state index contributed by atoms with van der Waals surface area (Å²) < 4.78 is 144. The Morgan fingerprint density at radius 3 is 1.38 bits per heavy atom. The molecule has 1 unspecified atom stereocenters. The van der Waals surface area contributed by atoms with Gasteiger partial charge in [-0.25, -0.2) is 0 Å². The Labute approximate surface area is 143 Å². The van der Waals surface area contributed by atoms with Gasteiger partial charge in [-0.05, 0) is 17.7 Å². The first-order chi connectivity index (χ1) is 11.4. The average Bonchev–Trinajstić information content (AvgIpc) is 2.43. The number of hydrogen-bond donors (Lipinski definition) is 0. The standard InChI is InChI=1S/C13H5ClF11N/c14-8(7-3-1-6(5-26)2-4-7)9(11(17,18)19,12(20,21)22)10(15,16)13(23,24)25/h1-4,8H. The third-order valence-corrected chi connectivity index (χ3v) is 4.04. The van der Waals surface area contributed by atoms with Gasteiger partial charge < -0.3 is 0 Å². The van der Waals surface area contributed by atoms with Crippen molar-refractivity contribution in [2.45, 2.75) is 29.8 Å². The average molecular weight is 420 g/mol. The fraction of sp³-hybridized carbons (Fsp3) is 0.462. The molecule has 26 heavy (non-hydrogen) atoms. The Morgan fingerprint density at radius 1 is 0.731 bits per heavy atom. The van der Waals surface area contributed by atoms with Crippen LogP contribution < -0.4 is 0 Å². The molecule has 0 saturated heterocycles. The molecular weight excluding hydrogens is 415 g/mol. The van der Waals surface area contributed by atoms with Crippen LogP contribution in [-0.4, -0.2) is 24.5 Å². The van der Waals surface area contributed by atoms with E-state index in [1.807, 2.05) is 0 Å². The largest absolute Gasteiger partial charge is 0.454 e. The van der Waals surface area contributed by atoms with Gasteiger partial charge in [-0.2, -0.15) is 53.6 Å². The van der Waals surface area contributed by atoms with Crippen molar-refractivity contribution in [2.24, 2.45) is 5.41 Å². The molecule has 1 nitrogen and oxygen atoms in total. The van der Waals surface area contributed by atoms with E-state index in [0.29, 0.717) is 24.3 Å². The number of halogens is 12. The Balaban J connectivity index is 3.87. The van der Waals surface area contributed by atoms with E-state index in [4.69, 9.17) is 16.9 Å². The van der Waals surface area contributed by atoms with Crippen molar-refractivity contribution in [3.8, 4) is 6.07 Å². The molecular formula is C13H5ClF11N. The number of nitriles is 1. The van der Waals surface area contributed by atoms with Crippen molar-refractivity contribution in [1.82, 2.24) is 0 Å². The van der Waals surface area contributed by atoms with E-state index in [1.165, 1.54) is 6.07 Å². The minimum atomic E-state index is -7.31. The van der Waals surface area contributed by atoms with Gasteiger partial charge in [0, 0.05) is 0 Å². The molecule has 0 saturated carbocycles. The van der Waals surface area contributed by atoms with E-state index in [-0.39, 0.29) is 5.56 Å². The van der Waals surface area contributed by atoms with Crippen LogP contribution in [0, 0.1) is 16.7 Å². The zero-order chi connectivity index (χ0) is 20.8. The van der Waals surface area contributed by atoms with Crippen LogP contribution in [-0.2, 0) is 0 Å². The number of rotatable bonds is 3. The molecule has 0 bridgehead atoms. The monoisotopic (exact) mass is 419 g/mol. The van der Waals surface area contributed by atoms with E-state index in [9.17, 15) is 48.3 Å². The fourth-order valence-corrected chi connectivity index (χ4v) is 2.69. The predicted molar refractivity (Wildman–Crippen MR) is 65.3 cm³/mol. The van der Waals surface area contributed by atoms with Crippen LogP contribution in [0.15, 0.2) is 24.3 Å². The van der Waals surface area contributed by atoms with E-state index < -0.39 is 40.8 Å². The minimum absolute atomic E-state index is 0.301. The SMILES string of the molecule is N#Cc1ccc(C(Cl)C(C(F)(F)F)(C(F)(F)F)C(F)(F)C(F)(F)F)cc1. The highest BCUT2D eigenvalue weighted by molar-refractivity contribution is 6.21. The van der Waals surface area contributed by atoms with E-state index in [0.717, 1.165) is 0 Å². The first-order valence-corrected chi connectivity index (χ1v) is 6.61. The van der Waals surface area contributed by atoms with E-state index in [2.05, 4.69) is 0 Å². The lowest BCUT2D eigenvalue weighted by molar-refractivity contribution is -0.449. The van der Waals surface area contributed by atoms with Gasteiger partial charge in [0.15, 0.2) is 0 Å². The molecule has 1 atom stereocenters. The lowest BCUT2D eigenvalue weighted by Crippen LogP contribution is -2.68. The minimum Gasteiger partial charge on any atom is -0.195 e. The Kier molecular flexibility index (Phi) is 5.51. The van der Waals surface area contributed by atoms with Gasteiger partial charge in [0.25, 0.3) is 5.41 Å². The Bertz CT molecular complexity index is 665. The second kappa shape index (κ2) is 6.44. The van der Waals surface area contributed by atoms with Crippen LogP contribution in [0.1, 0.15) is 16.5 Å². The molecule has 0 spiro atoms. The molecule has 0 heterocycles. The van der Waals surface area contributed by atoms with Crippen LogP contribution in [0.25, 0.3) is 0 Å². The summed E-state index contributed by atoms with van der Waals surface area (Å²) in [5.74, 6) is -7.31. The van der Waals surface area contributed by atoms with Crippen molar-refractivity contribution in [2.75, 3.05) is 0 Å². The van der Waals surface area contributed by atoms with Gasteiger partial charge in [-0.3, -0.25) is 0 Å². The van der Waals surface area contributed by atoms with Gasteiger partial charge in [-0.1, -0.05) is 12.1 Å². The highest BCUT2D eigenvalue weighted by Crippen LogP contribution is 2.69.